The van der Waals surface area contributed by atoms with Gasteiger partial charge in [-0.1, -0.05) is 18.2 Å². The van der Waals surface area contributed by atoms with Gasteiger partial charge in [-0.25, -0.2) is 0 Å². The molecule has 0 unspecified atom stereocenters. The van der Waals surface area contributed by atoms with Crippen molar-refractivity contribution in [3.63, 3.8) is 0 Å². The third-order valence-electron chi connectivity index (χ3n) is 6.37. The average Bonchev–Trinajstić information content (AvgIpc) is 2.63. The quantitative estimate of drug-likeness (QED) is 0.738. The summed E-state index contributed by atoms with van der Waals surface area (Å²) in [7, 11) is 0. The van der Waals surface area contributed by atoms with Crippen LogP contribution in [0, 0.1) is 23.2 Å². The molecular weight excluding hydrogens is 328 g/mol. The highest BCUT2D eigenvalue weighted by Crippen LogP contribution is 2.60. The molecule has 140 valence electrons. The number of rotatable bonds is 7. The molecule has 5 heteroatoms. The first-order chi connectivity index (χ1) is 12.6. The van der Waals surface area contributed by atoms with Crippen LogP contribution in [0.5, 0.6) is 5.75 Å². The Hall–Kier alpha value is -2.04. The van der Waals surface area contributed by atoms with Gasteiger partial charge in [0.25, 0.3) is 0 Å². The maximum Gasteiger partial charge on any atom is 0.239 e. The van der Waals surface area contributed by atoms with Crippen LogP contribution in [-0.2, 0) is 9.59 Å². The van der Waals surface area contributed by atoms with Crippen molar-refractivity contribution < 1.29 is 14.3 Å². The van der Waals surface area contributed by atoms with E-state index in [0.717, 1.165) is 42.8 Å². The zero-order valence-corrected chi connectivity index (χ0v) is 15.2. The molecule has 4 fully saturated rings. The third-order valence-corrected chi connectivity index (χ3v) is 6.37. The lowest BCUT2D eigenvalue weighted by Crippen LogP contribution is -2.54. The van der Waals surface area contributed by atoms with Gasteiger partial charge in [-0.2, -0.15) is 0 Å². The Bertz CT molecular complexity index is 623. The van der Waals surface area contributed by atoms with Crippen molar-refractivity contribution >= 4 is 11.8 Å². The zero-order chi connectivity index (χ0) is 18.0. The zero-order valence-electron chi connectivity index (χ0n) is 15.2. The fourth-order valence-corrected chi connectivity index (χ4v) is 5.68. The lowest BCUT2D eigenvalue weighted by molar-refractivity contribution is -0.147. The molecule has 0 saturated heterocycles. The normalized spacial score (nSPS) is 31.5. The maximum absolute atomic E-state index is 12.8. The van der Waals surface area contributed by atoms with Crippen molar-refractivity contribution in [2.75, 3.05) is 19.7 Å². The number of nitrogens with one attached hydrogen (secondary N) is 2. The van der Waals surface area contributed by atoms with Crippen LogP contribution in [0.3, 0.4) is 0 Å². The first kappa shape index (κ1) is 17.4. The molecule has 0 spiro atoms. The van der Waals surface area contributed by atoms with Gasteiger partial charge in [0.1, 0.15) is 12.4 Å². The molecule has 0 atom stereocenters. The Morgan fingerprint density at radius 1 is 0.962 bits per heavy atom. The number of carbonyl (C=O) groups is 2. The lowest BCUT2D eigenvalue weighted by Gasteiger charge is -2.55. The Kier molecular flexibility index (Phi) is 4.88. The Morgan fingerprint density at radius 2 is 1.58 bits per heavy atom. The van der Waals surface area contributed by atoms with Crippen LogP contribution in [0.4, 0.5) is 0 Å². The molecule has 5 rings (SSSR count). The van der Waals surface area contributed by atoms with Crippen LogP contribution in [0.2, 0.25) is 0 Å². The third kappa shape index (κ3) is 3.71. The fourth-order valence-electron chi connectivity index (χ4n) is 5.68. The van der Waals surface area contributed by atoms with E-state index in [-0.39, 0.29) is 23.8 Å². The van der Waals surface area contributed by atoms with Gasteiger partial charge in [-0.15, -0.1) is 0 Å². The van der Waals surface area contributed by atoms with E-state index in [4.69, 9.17) is 4.74 Å². The van der Waals surface area contributed by atoms with Crippen molar-refractivity contribution in [2.24, 2.45) is 23.2 Å². The monoisotopic (exact) mass is 356 g/mol. The molecule has 4 saturated carbocycles. The second-order valence-corrected chi connectivity index (χ2v) is 8.39. The van der Waals surface area contributed by atoms with Crippen LogP contribution >= 0.6 is 0 Å². The average molecular weight is 356 g/mol. The molecule has 1 aromatic rings. The second kappa shape index (κ2) is 7.29. The molecule has 0 heterocycles. The Labute approximate surface area is 154 Å². The molecule has 0 aromatic heterocycles. The summed E-state index contributed by atoms with van der Waals surface area (Å²) >= 11 is 0. The number of ether oxygens (including phenoxy) is 1. The summed E-state index contributed by atoms with van der Waals surface area (Å²) in [4.78, 5) is 24.8. The summed E-state index contributed by atoms with van der Waals surface area (Å²) in [6.45, 7) is 0.908. The summed E-state index contributed by atoms with van der Waals surface area (Å²) < 4.78 is 5.54. The van der Waals surface area contributed by atoms with E-state index in [1.165, 1.54) is 19.3 Å². The fraction of sp³-hybridized carbons (Fsp3) is 0.619. The second-order valence-electron chi connectivity index (χ2n) is 8.39. The Balaban J connectivity index is 1.18. The van der Waals surface area contributed by atoms with Crippen LogP contribution in [0.25, 0.3) is 0 Å². The number of hydrogen-bond acceptors (Lipinski definition) is 3. The van der Waals surface area contributed by atoms with Crippen molar-refractivity contribution in [3.05, 3.63) is 30.3 Å². The minimum atomic E-state index is -0.189. The highest BCUT2D eigenvalue weighted by Gasteiger charge is 2.54. The Morgan fingerprint density at radius 3 is 2.19 bits per heavy atom. The summed E-state index contributed by atoms with van der Waals surface area (Å²) in [5.74, 6) is 2.94. The SMILES string of the molecule is O=C(CNC(=O)C12CC3CC(CC(C3)C1)C2)NCCOc1ccccc1. The molecule has 1 aromatic carbocycles. The molecule has 4 aliphatic carbocycles. The first-order valence-electron chi connectivity index (χ1n) is 9.86. The van der Waals surface area contributed by atoms with Gasteiger partial charge in [-0.3, -0.25) is 9.59 Å². The van der Waals surface area contributed by atoms with Crippen LogP contribution in [0.15, 0.2) is 30.3 Å². The smallest absolute Gasteiger partial charge is 0.239 e. The van der Waals surface area contributed by atoms with E-state index in [1.807, 2.05) is 30.3 Å². The maximum atomic E-state index is 12.8. The van der Waals surface area contributed by atoms with E-state index >= 15 is 0 Å². The minimum absolute atomic E-state index is 0.0614. The van der Waals surface area contributed by atoms with Gasteiger partial charge in [0, 0.05) is 5.41 Å². The predicted molar refractivity (Wildman–Crippen MR) is 98.6 cm³/mol. The number of amides is 2. The number of para-hydroxylation sites is 1. The van der Waals surface area contributed by atoms with E-state index < -0.39 is 0 Å². The van der Waals surface area contributed by atoms with E-state index in [9.17, 15) is 9.59 Å². The number of hydrogen-bond donors (Lipinski definition) is 2. The predicted octanol–water partition coefficient (Wildman–Crippen LogP) is 2.51. The summed E-state index contributed by atoms with van der Waals surface area (Å²) in [5, 5.41) is 5.71. The van der Waals surface area contributed by atoms with Crippen LogP contribution in [0.1, 0.15) is 38.5 Å². The van der Waals surface area contributed by atoms with Gasteiger partial charge >= 0.3 is 0 Å². The molecule has 5 nitrogen and oxygen atoms in total. The molecule has 2 N–H and O–H groups in total. The van der Waals surface area contributed by atoms with Gasteiger partial charge in [0.15, 0.2) is 0 Å². The molecular formula is C21H28N2O3. The van der Waals surface area contributed by atoms with E-state index in [0.29, 0.717) is 13.2 Å². The van der Waals surface area contributed by atoms with Crippen LogP contribution in [-0.4, -0.2) is 31.5 Å². The standard InChI is InChI=1S/C21H28N2O3/c24-19(22-6-7-26-18-4-2-1-3-5-18)14-23-20(25)21-11-15-8-16(12-21)10-17(9-15)13-21/h1-5,15-17H,6-14H2,(H,22,24)(H,23,25). The number of benzene rings is 1. The van der Waals surface area contributed by atoms with Gasteiger partial charge in [0.2, 0.25) is 11.8 Å². The minimum Gasteiger partial charge on any atom is -0.492 e. The highest BCUT2D eigenvalue weighted by atomic mass is 16.5. The molecule has 0 radical (unpaired) electrons. The summed E-state index contributed by atoms with van der Waals surface area (Å²) in [6, 6.07) is 9.52. The summed E-state index contributed by atoms with van der Waals surface area (Å²) in [6.07, 6.45) is 7.02. The molecule has 2 amide bonds. The van der Waals surface area contributed by atoms with E-state index in [1.54, 1.807) is 0 Å². The summed E-state index contributed by atoms with van der Waals surface area (Å²) in [5.41, 5.74) is -0.189. The van der Waals surface area contributed by atoms with Gasteiger partial charge in [0.05, 0.1) is 13.1 Å². The topological polar surface area (TPSA) is 67.4 Å². The van der Waals surface area contributed by atoms with Crippen molar-refractivity contribution in [1.29, 1.82) is 0 Å². The first-order valence-corrected chi connectivity index (χ1v) is 9.86. The molecule has 26 heavy (non-hydrogen) atoms. The molecule has 4 aliphatic rings. The van der Waals surface area contributed by atoms with Crippen LogP contribution < -0.4 is 15.4 Å². The van der Waals surface area contributed by atoms with E-state index in [2.05, 4.69) is 10.6 Å². The molecule has 4 bridgehead atoms. The van der Waals surface area contributed by atoms with Crippen molar-refractivity contribution in [3.8, 4) is 5.75 Å². The van der Waals surface area contributed by atoms with Crippen molar-refractivity contribution in [2.45, 2.75) is 38.5 Å². The highest BCUT2D eigenvalue weighted by molar-refractivity contribution is 5.88. The van der Waals surface area contributed by atoms with Gasteiger partial charge < -0.3 is 15.4 Å². The van der Waals surface area contributed by atoms with Crippen molar-refractivity contribution in [1.82, 2.24) is 10.6 Å². The lowest BCUT2D eigenvalue weighted by atomic mass is 9.49. The number of carbonyl (C=O) groups excluding carboxylic acids is 2. The largest absolute Gasteiger partial charge is 0.492 e. The molecule has 0 aliphatic heterocycles. The van der Waals surface area contributed by atoms with Gasteiger partial charge in [-0.05, 0) is 68.4 Å².